The summed E-state index contributed by atoms with van der Waals surface area (Å²) in [5, 5.41) is 17.6. The van der Waals surface area contributed by atoms with Crippen LogP contribution in [-0.4, -0.2) is 20.0 Å². The minimum absolute atomic E-state index is 0.00874. The molecular formula is C16H15N5O4. The highest BCUT2D eigenvalue weighted by atomic mass is 16.6. The number of hydrogen-bond donors (Lipinski definition) is 1. The molecule has 9 nitrogen and oxygen atoms in total. The molecule has 0 atom stereocenters. The fraction of sp³-hybridized carbons (Fsp3) is 0.188. The molecule has 0 bridgehead atoms. The van der Waals surface area contributed by atoms with E-state index in [1.54, 1.807) is 32.0 Å². The summed E-state index contributed by atoms with van der Waals surface area (Å²) < 4.78 is 10.5. The predicted molar refractivity (Wildman–Crippen MR) is 88.7 cm³/mol. The normalized spacial score (nSPS) is 10.5. The number of benzene rings is 1. The van der Waals surface area contributed by atoms with Gasteiger partial charge in [-0.25, -0.2) is 4.98 Å². The molecule has 0 amide bonds. The molecule has 3 rings (SSSR count). The first kappa shape index (κ1) is 16.4. The first-order valence-corrected chi connectivity index (χ1v) is 7.41. The number of ether oxygens (including phenoxy) is 1. The maximum Gasteiger partial charge on any atom is 0.290 e. The highest BCUT2D eigenvalue weighted by Crippen LogP contribution is 2.23. The molecular weight excluding hydrogens is 326 g/mol. The van der Waals surface area contributed by atoms with Crippen LogP contribution in [0.2, 0.25) is 0 Å². The Morgan fingerprint density at radius 1 is 1.28 bits per heavy atom. The Hall–Kier alpha value is -3.49. The van der Waals surface area contributed by atoms with Gasteiger partial charge in [-0.05, 0) is 44.2 Å². The molecule has 0 aliphatic rings. The minimum atomic E-state index is -0.455. The van der Waals surface area contributed by atoms with E-state index in [1.165, 1.54) is 6.20 Å². The molecule has 0 aliphatic carbocycles. The van der Waals surface area contributed by atoms with E-state index in [1.807, 2.05) is 12.1 Å². The third-order valence-electron chi connectivity index (χ3n) is 3.34. The summed E-state index contributed by atoms with van der Waals surface area (Å²) in [6.45, 7) is 3.60. The lowest BCUT2D eigenvalue weighted by Gasteiger charge is -2.08. The zero-order chi connectivity index (χ0) is 17.8. The number of anilines is 2. The SMILES string of the molecule is Cc1noc(COc2ccc(Nc3cc(C)c([N+](=O)[O-])cn3)cc2)n1. The molecule has 1 N–H and O–H groups in total. The van der Waals surface area contributed by atoms with Crippen LogP contribution in [0.3, 0.4) is 0 Å². The van der Waals surface area contributed by atoms with E-state index in [9.17, 15) is 10.1 Å². The second kappa shape index (κ2) is 6.95. The summed E-state index contributed by atoms with van der Waals surface area (Å²) in [6, 6.07) is 8.81. The molecule has 0 spiro atoms. The van der Waals surface area contributed by atoms with Gasteiger partial charge in [0.25, 0.3) is 11.6 Å². The lowest BCUT2D eigenvalue weighted by Crippen LogP contribution is -1.98. The van der Waals surface area contributed by atoms with Gasteiger partial charge in [-0.15, -0.1) is 0 Å². The van der Waals surface area contributed by atoms with Crippen LogP contribution in [-0.2, 0) is 6.61 Å². The lowest BCUT2D eigenvalue weighted by atomic mass is 10.2. The van der Waals surface area contributed by atoms with Gasteiger partial charge < -0.3 is 14.6 Å². The maximum atomic E-state index is 10.8. The summed E-state index contributed by atoms with van der Waals surface area (Å²) in [5.74, 6) is 2.14. The molecule has 128 valence electrons. The topological polar surface area (TPSA) is 116 Å². The van der Waals surface area contributed by atoms with Crippen LogP contribution in [0.25, 0.3) is 0 Å². The Morgan fingerprint density at radius 2 is 2.04 bits per heavy atom. The average Bonchev–Trinajstić information content (AvgIpc) is 2.99. The summed E-state index contributed by atoms with van der Waals surface area (Å²) in [5.41, 5.74) is 1.31. The first-order valence-electron chi connectivity index (χ1n) is 7.41. The van der Waals surface area contributed by atoms with E-state index in [0.717, 1.165) is 5.69 Å². The van der Waals surface area contributed by atoms with Gasteiger partial charge in [0, 0.05) is 11.3 Å². The smallest absolute Gasteiger partial charge is 0.290 e. The van der Waals surface area contributed by atoms with Gasteiger partial charge in [0.15, 0.2) is 12.4 Å². The van der Waals surface area contributed by atoms with Crippen LogP contribution in [0.5, 0.6) is 5.75 Å². The molecule has 0 fully saturated rings. The van der Waals surface area contributed by atoms with Gasteiger partial charge in [-0.3, -0.25) is 10.1 Å². The molecule has 0 radical (unpaired) electrons. The monoisotopic (exact) mass is 341 g/mol. The standard InChI is InChI=1S/C16H15N5O4/c1-10-7-15(17-8-14(10)21(22)23)19-12-3-5-13(6-4-12)24-9-16-18-11(2)20-25-16/h3-8H,9H2,1-2H3,(H,17,19). The Bertz CT molecular complexity index is 892. The van der Waals surface area contributed by atoms with Crippen molar-refractivity contribution in [1.29, 1.82) is 0 Å². The second-order valence-electron chi connectivity index (χ2n) is 5.29. The average molecular weight is 341 g/mol. The van der Waals surface area contributed by atoms with Gasteiger partial charge >= 0.3 is 0 Å². The first-order chi connectivity index (χ1) is 12.0. The Kier molecular flexibility index (Phi) is 4.55. The molecule has 2 aromatic heterocycles. The molecule has 1 aromatic carbocycles. The van der Waals surface area contributed by atoms with E-state index in [2.05, 4.69) is 20.4 Å². The lowest BCUT2D eigenvalue weighted by molar-refractivity contribution is -0.385. The van der Waals surface area contributed by atoms with Crippen molar-refractivity contribution in [3.8, 4) is 5.75 Å². The number of aryl methyl sites for hydroxylation is 2. The van der Waals surface area contributed by atoms with Crippen LogP contribution in [0.1, 0.15) is 17.3 Å². The highest BCUT2D eigenvalue weighted by Gasteiger charge is 2.11. The number of nitrogens with one attached hydrogen (secondary N) is 1. The molecule has 0 unspecified atom stereocenters. The Morgan fingerprint density at radius 3 is 2.64 bits per heavy atom. The zero-order valence-corrected chi connectivity index (χ0v) is 13.6. The van der Waals surface area contributed by atoms with Crippen molar-refractivity contribution in [3.05, 3.63) is 63.9 Å². The quantitative estimate of drug-likeness (QED) is 0.536. The number of nitrogens with zero attached hydrogens (tertiary/aromatic N) is 4. The van der Waals surface area contributed by atoms with E-state index in [-0.39, 0.29) is 12.3 Å². The van der Waals surface area contributed by atoms with Gasteiger partial charge in [0.1, 0.15) is 17.8 Å². The van der Waals surface area contributed by atoms with Crippen LogP contribution < -0.4 is 10.1 Å². The summed E-state index contributed by atoms with van der Waals surface area (Å²) in [6.07, 6.45) is 1.24. The maximum absolute atomic E-state index is 10.8. The van der Waals surface area contributed by atoms with Crippen LogP contribution >= 0.6 is 0 Å². The van der Waals surface area contributed by atoms with Crippen molar-refractivity contribution in [1.82, 2.24) is 15.1 Å². The van der Waals surface area contributed by atoms with Crippen molar-refractivity contribution >= 4 is 17.2 Å². The third kappa shape index (κ3) is 4.08. The van der Waals surface area contributed by atoms with Gasteiger partial charge in [-0.1, -0.05) is 5.16 Å². The molecule has 9 heteroatoms. The fourth-order valence-corrected chi connectivity index (χ4v) is 2.13. The van der Waals surface area contributed by atoms with E-state index in [4.69, 9.17) is 9.26 Å². The molecule has 0 saturated heterocycles. The molecule has 2 heterocycles. The fourth-order valence-electron chi connectivity index (χ4n) is 2.13. The van der Waals surface area contributed by atoms with Crippen molar-refractivity contribution in [2.45, 2.75) is 20.5 Å². The van der Waals surface area contributed by atoms with Crippen LogP contribution in [0.4, 0.5) is 17.2 Å². The Balaban J connectivity index is 1.62. The number of aromatic nitrogens is 3. The van der Waals surface area contributed by atoms with Crippen molar-refractivity contribution < 1.29 is 14.2 Å². The van der Waals surface area contributed by atoms with Gasteiger partial charge in [-0.2, -0.15) is 4.98 Å². The minimum Gasteiger partial charge on any atom is -0.484 e. The summed E-state index contributed by atoms with van der Waals surface area (Å²) >= 11 is 0. The Labute approximate surface area is 142 Å². The molecule has 0 saturated carbocycles. The summed E-state index contributed by atoms with van der Waals surface area (Å²) in [7, 11) is 0. The number of rotatable bonds is 6. The van der Waals surface area contributed by atoms with Crippen molar-refractivity contribution in [3.63, 3.8) is 0 Å². The van der Waals surface area contributed by atoms with Crippen molar-refractivity contribution in [2.24, 2.45) is 0 Å². The van der Waals surface area contributed by atoms with E-state index < -0.39 is 4.92 Å². The number of nitro groups is 1. The van der Waals surface area contributed by atoms with Crippen molar-refractivity contribution in [2.75, 3.05) is 5.32 Å². The second-order valence-corrected chi connectivity index (χ2v) is 5.29. The van der Waals surface area contributed by atoms with Crippen LogP contribution in [0.15, 0.2) is 41.1 Å². The zero-order valence-electron chi connectivity index (χ0n) is 13.6. The van der Waals surface area contributed by atoms with Gasteiger partial charge in [0.05, 0.1) is 4.92 Å². The summed E-state index contributed by atoms with van der Waals surface area (Å²) in [4.78, 5) is 18.5. The van der Waals surface area contributed by atoms with Gasteiger partial charge in [0.2, 0.25) is 0 Å². The largest absolute Gasteiger partial charge is 0.484 e. The molecule has 3 aromatic rings. The highest BCUT2D eigenvalue weighted by molar-refractivity contribution is 5.59. The molecule has 25 heavy (non-hydrogen) atoms. The third-order valence-corrected chi connectivity index (χ3v) is 3.34. The van der Waals surface area contributed by atoms with E-state index in [0.29, 0.717) is 28.8 Å². The van der Waals surface area contributed by atoms with E-state index >= 15 is 0 Å². The molecule has 0 aliphatic heterocycles. The number of hydrogen-bond acceptors (Lipinski definition) is 8. The number of pyridine rings is 1. The predicted octanol–water partition coefficient (Wildman–Crippen LogP) is 3.31. The van der Waals surface area contributed by atoms with Crippen LogP contribution in [0, 0.1) is 24.0 Å².